The maximum atomic E-state index is 11.6. The van der Waals surface area contributed by atoms with Crippen LogP contribution in [0.1, 0.15) is 83.6 Å². The Kier molecular flexibility index (Phi) is 11.9. The normalized spacial score (nSPS) is 10.6. The van der Waals surface area contributed by atoms with Crippen LogP contribution < -0.4 is 5.32 Å². The van der Waals surface area contributed by atoms with Crippen molar-refractivity contribution in [2.45, 2.75) is 84.5 Å². The van der Waals surface area contributed by atoms with Crippen molar-refractivity contribution in [2.24, 2.45) is 0 Å². The van der Waals surface area contributed by atoms with Crippen LogP contribution in [-0.4, -0.2) is 12.7 Å². The zero-order chi connectivity index (χ0) is 17.5. The van der Waals surface area contributed by atoms with E-state index in [0.29, 0.717) is 6.61 Å². The zero-order valence-corrected chi connectivity index (χ0v) is 15.6. The predicted molar refractivity (Wildman–Crippen MR) is 103 cm³/mol. The molecule has 3 heteroatoms. The van der Waals surface area contributed by atoms with E-state index in [1.807, 2.05) is 25.1 Å². The summed E-state index contributed by atoms with van der Waals surface area (Å²) in [6.45, 7) is 4.47. The van der Waals surface area contributed by atoms with Crippen molar-refractivity contribution >= 4 is 11.8 Å². The van der Waals surface area contributed by atoms with E-state index in [0.717, 1.165) is 12.1 Å². The lowest BCUT2D eigenvalue weighted by molar-refractivity contribution is 0.168. The molecule has 1 N–H and O–H groups in total. The molecule has 1 aromatic carbocycles. The molecule has 0 radical (unpaired) electrons. The number of aryl methyl sites for hydroxylation is 1. The first-order chi connectivity index (χ1) is 11.8. The molecule has 136 valence electrons. The predicted octanol–water partition coefficient (Wildman–Crippen LogP) is 6.72. The van der Waals surface area contributed by atoms with E-state index in [2.05, 4.69) is 18.3 Å². The minimum absolute atomic E-state index is 0.368. The molecule has 0 spiro atoms. The first kappa shape index (κ1) is 20.5. The van der Waals surface area contributed by atoms with E-state index in [9.17, 15) is 4.79 Å². The van der Waals surface area contributed by atoms with E-state index in [4.69, 9.17) is 4.74 Å². The molecule has 0 aliphatic carbocycles. The summed E-state index contributed by atoms with van der Waals surface area (Å²) in [5, 5.41) is 2.84. The third kappa shape index (κ3) is 9.59. The molecular weight excluding hydrogens is 298 g/mol. The Morgan fingerprint density at radius 2 is 1.46 bits per heavy atom. The lowest BCUT2D eigenvalue weighted by Crippen LogP contribution is -2.14. The van der Waals surface area contributed by atoms with Gasteiger partial charge in [-0.2, -0.15) is 0 Å². The van der Waals surface area contributed by atoms with Crippen LogP contribution in [0.5, 0.6) is 0 Å². The number of carbonyl (C=O) groups excluding carboxylic acids is 1. The highest BCUT2D eigenvalue weighted by atomic mass is 16.5. The second kappa shape index (κ2) is 13.9. The Balaban J connectivity index is 2.15. The molecule has 0 atom stereocenters. The fourth-order valence-corrected chi connectivity index (χ4v) is 2.94. The molecule has 0 aliphatic heterocycles. The third-order valence-electron chi connectivity index (χ3n) is 4.33. The summed E-state index contributed by atoms with van der Waals surface area (Å²) in [6, 6.07) is 8.02. The van der Waals surface area contributed by atoms with Crippen molar-refractivity contribution in [3.8, 4) is 0 Å². The van der Waals surface area contributed by atoms with Crippen LogP contribution in [0.3, 0.4) is 0 Å². The Morgan fingerprint density at radius 3 is 2.08 bits per heavy atom. The molecule has 24 heavy (non-hydrogen) atoms. The molecule has 0 heterocycles. The minimum atomic E-state index is -0.368. The number of hydrogen-bond acceptors (Lipinski definition) is 2. The van der Waals surface area contributed by atoms with Gasteiger partial charge in [-0.05, 0) is 31.4 Å². The van der Waals surface area contributed by atoms with E-state index in [1.165, 1.54) is 69.8 Å². The van der Waals surface area contributed by atoms with Gasteiger partial charge in [0, 0.05) is 5.69 Å². The van der Waals surface area contributed by atoms with Gasteiger partial charge in [0.2, 0.25) is 0 Å². The summed E-state index contributed by atoms with van der Waals surface area (Å²) >= 11 is 0. The van der Waals surface area contributed by atoms with Gasteiger partial charge in [0.05, 0.1) is 6.61 Å². The summed E-state index contributed by atoms with van der Waals surface area (Å²) < 4.78 is 4.96. The average molecular weight is 334 g/mol. The van der Waals surface area contributed by atoms with Crippen LogP contribution in [-0.2, 0) is 11.2 Å². The number of amides is 1. The van der Waals surface area contributed by atoms with Gasteiger partial charge < -0.3 is 4.74 Å². The standard InChI is InChI=1S/C21H35NO2/c1-3-5-6-7-8-9-10-11-12-13-16-19-17-14-15-18-20(19)22-21(23)24-4-2/h14-15,17-18H,3-13,16H2,1-2H3,(H,22,23). The van der Waals surface area contributed by atoms with Crippen molar-refractivity contribution in [1.29, 1.82) is 0 Å². The maximum Gasteiger partial charge on any atom is 0.411 e. The number of unbranched alkanes of at least 4 members (excludes halogenated alkanes) is 9. The van der Waals surface area contributed by atoms with Crippen LogP contribution in [0, 0.1) is 0 Å². The molecule has 1 aromatic rings. The molecule has 1 amide bonds. The van der Waals surface area contributed by atoms with Gasteiger partial charge in [-0.1, -0.05) is 82.9 Å². The highest BCUT2D eigenvalue weighted by Gasteiger charge is 2.06. The molecule has 0 bridgehead atoms. The van der Waals surface area contributed by atoms with Crippen LogP contribution in [0.4, 0.5) is 10.5 Å². The summed E-state index contributed by atoms with van der Waals surface area (Å²) in [5.74, 6) is 0. The molecule has 0 aromatic heterocycles. The van der Waals surface area contributed by atoms with Gasteiger partial charge in [0.1, 0.15) is 0 Å². The summed E-state index contributed by atoms with van der Waals surface area (Å²) in [7, 11) is 0. The molecule has 0 fully saturated rings. The Bertz CT molecular complexity index is 445. The van der Waals surface area contributed by atoms with E-state index >= 15 is 0 Å². The summed E-state index contributed by atoms with van der Waals surface area (Å²) in [4.78, 5) is 11.6. The molecule has 1 rings (SSSR count). The van der Waals surface area contributed by atoms with Gasteiger partial charge in [0.25, 0.3) is 0 Å². The molecule has 0 saturated carbocycles. The minimum Gasteiger partial charge on any atom is -0.450 e. The molecule has 0 unspecified atom stereocenters. The molecule has 3 nitrogen and oxygen atoms in total. The monoisotopic (exact) mass is 333 g/mol. The third-order valence-corrected chi connectivity index (χ3v) is 4.33. The van der Waals surface area contributed by atoms with Crippen LogP contribution in [0.2, 0.25) is 0 Å². The topological polar surface area (TPSA) is 38.3 Å². The SMILES string of the molecule is CCCCCCCCCCCCc1ccccc1NC(=O)OCC. The Labute approximate surface area is 148 Å². The largest absolute Gasteiger partial charge is 0.450 e. The summed E-state index contributed by atoms with van der Waals surface area (Å²) in [5.41, 5.74) is 2.08. The fraction of sp³-hybridized carbons (Fsp3) is 0.667. The lowest BCUT2D eigenvalue weighted by atomic mass is 10.0. The van der Waals surface area contributed by atoms with Crippen molar-refractivity contribution in [1.82, 2.24) is 0 Å². The number of carbonyl (C=O) groups is 1. The first-order valence-electron chi connectivity index (χ1n) is 9.79. The van der Waals surface area contributed by atoms with Crippen LogP contribution in [0.15, 0.2) is 24.3 Å². The number of anilines is 1. The number of para-hydroxylation sites is 1. The van der Waals surface area contributed by atoms with Crippen LogP contribution >= 0.6 is 0 Å². The number of benzene rings is 1. The molecular formula is C21H35NO2. The van der Waals surface area contributed by atoms with Crippen molar-refractivity contribution in [3.05, 3.63) is 29.8 Å². The van der Waals surface area contributed by atoms with E-state index in [-0.39, 0.29) is 6.09 Å². The van der Waals surface area contributed by atoms with Gasteiger partial charge in [-0.3, -0.25) is 5.32 Å². The van der Waals surface area contributed by atoms with Crippen molar-refractivity contribution in [3.63, 3.8) is 0 Å². The highest BCUT2D eigenvalue weighted by molar-refractivity contribution is 5.85. The van der Waals surface area contributed by atoms with Crippen molar-refractivity contribution < 1.29 is 9.53 Å². The second-order valence-corrected chi connectivity index (χ2v) is 6.43. The summed E-state index contributed by atoms with van der Waals surface area (Å²) in [6.07, 6.45) is 14.1. The van der Waals surface area contributed by atoms with Gasteiger partial charge in [0.15, 0.2) is 0 Å². The number of hydrogen-bond donors (Lipinski definition) is 1. The van der Waals surface area contributed by atoms with Gasteiger partial charge >= 0.3 is 6.09 Å². The molecule has 0 aliphatic rings. The number of nitrogens with one attached hydrogen (secondary N) is 1. The quantitative estimate of drug-likeness (QED) is 0.407. The average Bonchev–Trinajstić information content (AvgIpc) is 2.58. The lowest BCUT2D eigenvalue weighted by Gasteiger charge is -2.11. The number of rotatable bonds is 13. The van der Waals surface area contributed by atoms with Gasteiger partial charge in [-0.25, -0.2) is 4.79 Å². The highest BCUT2D eigenvalue weighted by Crippen LogP contribution is 2.19. The fourth-order valence-electron chi connectivity index (χ4n) is 2.94. The Hall–Kier alpha value is -1.51. The van der Waals surface area contributed by atoms with E-state index in [1.54, 1.807) is 0 Å². The first-order valence-corrected chi connectivity index (χ1v) is 9.79. The second-order valence-electron chi connectivity index (χ2n) is 6.43. The van der Waals surface area contributed by atoms with Crippen LogP contribution in [0.25, 0.3) is 0 Å². The zero-order valence-electron chi connectivity index (χ0n) is 15.6. The van der Waals surface area contributed by atoms with Crippen molar-refractivity contribution in [2.75, 3.05) is 11.9 Å². The maximum absolute atomic E-state index is 11.6. The number of ether oxygens (including phenoxy) is 1. The van der Waals surface area contributed by atoms with E-state index < -0.39 is 0 Å². The Morgan fingerprint density at radius 1 is 0.875 bits per heavy atom. The smallest absolute Gasteiger partial charge is 0.411 e. The van der Waals surface area contributed by atoms with Gasteiger partial charge in [-0.15, -0.1) is 0 Å². The molecule has 0 saturated heterocycles.